The van der Waals surface area contributed by atoms with E-state index in [-0.39, 0.29) is 0 Å². The Labute approximate surface area is 121 Å². The number of nitrogens with one attached hydrogen (secondary N) is 1. The van der Waals surface area contributed by atoms with Crippen LogP contribution < -0.4 is 5.32 Å². The lowest BCUT2D eigenvalue weighted by atomic mass is 10.2. The third-order valence-electron chi connectivity index (χ3n) is 3.62. The molecule has 0 saturated heterocycles. The summed E-state index contributed by atoms with van der Waals surface area (Å²) in [6.45, 7) is 10.3. The van der Waals surface area contributed by atoms with Gasteiger partial charge in [0.2, 0.25) is 0 Å². The van der Waals surface area contributed by atoms with Gasteiger partial charge in [0.05, 0.1) is 11.4 Å². The van der Waals surface area contributed by atoms with Gasteiger partial charge >= 0.3 is 0 Å². The molecule has 1 N–H and O–H groups in total. The van der Waals surface area contributed by atoms with Crippen LogP contribution in [0.1, 0.15) is 43.4 Å². The molecule has 5 nitrogen and oxygen atoms in total. The fourth-order valence-corrected chi connectivity index (χ4v) is 2.49. The SMILES string of the molecule is CCNCc1c(C)nn(C)c1-n1nc(CC)cc1CC. The molecule has 20 heavy (non-hydrogen) atoms. The monoisotopic (exact) mass is 275 g/mol. The molecule has 0 saturated carbocycles. The van der Waals surface area contributed by atoms with Crippen molar-refractivity contribution in [3.63, 3.8) is 0 Å². The molecule has 0 aliphatic heterocycles. The second-order valence-corrected chi connectivity index (χ2v) is 5.04. The molecule has 0 aromatic carbocycles. The summed E-state index contributed by atoms with van der Waals surface area (Å²) < 4.78 is 4.00. The zero-order valence-corrected chi connectivity index (χ0v) is 13.2. The fraction of sp³-hybridized carbons (Fsp3) is 0.600. The van der Waals surface area contributed by atoms with Crippen molar-refractivity contribution in [1.82, 2.24) is 24.9 Å². The average Bonchev–Trinajstić information content (AvgIpc) is 2.96. The van der Waals surface area contributed by atoms with Crippen LogP contribution >= 0.6 is 0 Å². The van der Waals surface area contributed by atoms with Gasteiger partial charge in [0.15, 0.2) is 5.82 Å². The molecule has 110 valence electrons. The first-order chi connectivity index (χ1) is 9.62. The molecule has 5 heteroatoms. The number of nitrogens with zero attached hydrogens (tertiary/aromatic N) is 4. The Morgan fingerprint density at radius 2 is 1.90 bits per heavy atom. The van der Waals surface area contributed by atoms with Crippen molar-refractivity contribution < 1.29 is 0 Å². The van der Waals surface area contributed by atoms with Crippen LogP contribution in [0.25, 0.3) is 5.82 Å². The van der Waals surface area contributed by atoms with Gasteiger partial charge in [-0.2, -0.15) is 10.2 Å². The van der Waals surface area contributed by atoms with Crippen molar-refractivity contribution in [1.29, 1.82) is 0 Å². The van der Waals surface area contributed by atoms with Crippen molar-refractivity contribution in [2.24, 2.45) is 7.05 Å². The van der Waals surface area contributed by atoms with Crippen LogP contribution in [0.15, 0.2) is 6.07 Å². The van der Waals surface area contributed by atoms with Gasteiger partial charge in [-0.15, -0.1) is 0 Å². The van der Waals surface area contributed by atoms with Gasteiger partial charge in [0.1, 0.15) is 0 Å². The second kappa shape index (κ2) is 6.22. The number of aromatic nitrogens is 4. The molecular formula is C15H25N5. The highest BCUT2D eigenvalue weighted by Crippen LogP contribution is 2.20. The normalized spacial score (nSPS) is 11.2. The van der Waals surface area contributed by atoms with Gasteiger partial charge in [-0.1, -0.05) is 20.8 Å². The lowest BCUT2D eigenvalue weighted by Crippen LogP contribution is -2.16. The number of hydrogen-bond acceptors (Lipinski definition) is 3. The largest absolute Gasteiger partial charge is 0.313 e. The lowest BCUT2D eigenvalue weighted by molar-refractivity contribution is 0.661. The van der Waals surface area contributed by atoms with E-state index >= 15 is 0 Å². The minimum atomic E-state index is 0.829. The summed E-state index contributed by atoms with van der Waals surface area (Å²) in [7, 11) is 1.99. The van der Waals surface area contributed by atoms with Gasteiger partial charge < -0.3 is 5.32 Å². The molecule has 0 unspecified atom stereocenters. The van der Waals surface area contributed by atoms with Crippen molar-refractivity contribution in [2.45, 2.75) is 47.1 Å². The Balaban J connectivity index is 2.53. The van der Waals surface area contributed by atoms with Gasteiger partial charge in [-0.3, -0.25) is 4.68 Å². The molecule has 0 aliphatic rings. The van der Waals surface area contributed by atoms with Crippen LogP contribution in [0.2, 0.25) is 0 Å². The summed E-state index contributed by atoms with van der Waals surface area (Å²) in [6.07, 6.45) is 1.93. The second-order valence-electron chi connectivity index (χ2n) is 5.04. The fourth-order valence-electron chi connectivity index (χ4n) is 2.49. The van der Waals surface area contributed by atoms with E-state index in [1.54, 1.807) is 0 Å². The number of aryl methyl sites for hydroxylation is 4. The van der Waals surface area contributed by atoms with E-state index in [0.717, 1.165) is 43.1 Å². The maximum atomic E-state index is 4.74. The molecule has 2 aromatic heterocycles. The van der Waals surface area contributed by atoms with Crippen molar-refractivity contribution in [2.75, 3.05) is 6.54 Å². The smallest absolute Gasteiger partial charge is 0.156 e. The summed E-state index contributed by atoms with van der Waals surface area (Å²) in [4.78, 5) is 0. The first kappa shape index (κ1) is 14.8. The van der Waals surface area contributed by atoms with E-state index in [4.69, 9.17) is 5.10 Å². The molecule has 0 spiro atoms. The molecule has 2 rings (SSSR count). The Bertz CT molecular complexity index is 579. The maximum Gasteiger partial charge on any atom is 0.156 e. The summed E-state index contributed by atoms with van der Waals surface area (Å²) in [5.74, 6) is 1.08. The van der Waals surface area contributed by atoms with Crippen LogP contribution in [-0.2, 0) is 26.4 Å². The van der Waals surface area contributed by atoms with Crippen molar-refractivity contribution >= 4 is 0 Å². The molecule has 2 aromatic rings. The van der Waals surface area contributed by atoms with E-state index in [1.807, 2.05) is 11.7 Å². The van der Waals surface area contributed by atoms with E-state index in [1.165, 1.54) is 11.3 Å². The molecule has 0 atom stereocenters. The standard InChI is InChI=1S/C15H25N5/c1-6-12-9-13(7-2)20(18-12)15-14(10-16-8-3)11(4)17-19(15)5/h9,16H,6-8,10H2,1-5H3. The molecule has 0 radical (unpaired) electrons. The predicted molar refractivity (Wildman–Crippen MR) is 81.2 cm³/mol. The van der Waals surface area contributed by atoms with Crippen molar-refractivity contribution in [3.05, 3.63) is 28.7 Å². The highest BCUT2D eigenvalue weighted by molar-refractivity contribution is 5.39. The first-order valence-electron chi connectivity index (χ1n) is 7.43. The van der Waals surface area contributed by atoms with Crippen LogP contribution in [0, 0.1) is 6.92 Å². The Kier molecular flexibility index (Phi) is 4.60. The van der Waals surface area contributed by atoms with E-state index in [9.17, 15) is 0 Å². The zero-order valence-electron chi connectivity index (χ0n) is 13.2. The van der Waals surface area contributed by atoms with E-state index in [0.29, 0.717) is 0 Å². The van der Waals surface area contributed by atoms with Crippen LogP contribution in [0.3, 0.4) is 0 Å². The highest BCUT2D eigenvalue weighted by atomic mass is 15.4. The Morgan fingerprint density at radius 3 is 2.50 bits per heavy atom. The minimum Gasteiger partial charge on any atom is -0.313 e. The third kappa shape index (κ3) is 2.63. The van der Waals surface area contributed by atoms with Gasteiger partial charge in [-0.25, -0.2) is 4.68 Å². The Morgan fingerprint density at radius 1 is 1.15 bits per heavy atom. The quantitative estimate of drug-likeness (QED) is 0.878. The average molecular weight is 275 g/mol. The molecular weight excluding hydrogens is 250 g/mol. The molecule has 2 heterocycles. The molecule has 0 bridgehead atoms. The summed E-state index contributed by atoms with van der Waals surface area (Å²) in [6, 6.07) is 2.19. The zero-order chi connectivity index (χ0) is 14.7. The summed E-state index contributed by atoms with van der Waals surface area (Å²) in [5.41, 5.74) is 4.67. The van der Waals surface area contributed by atoms with E-state index in [2.05, 4.69) is 48.9 Å². The molecule has 0 aliphatic carbocycles. The maximum absolute atomic E-state index is 4.74. The highest BCUT2D eigenvalue weighted by Gasteiger charge is 2.18. The topological polar surface area (TPSA) is 47.7 Å². The summed E-state index contributed by atoms with van der Waals surface area (Å²) >= 11 is 0. The van der Waals surface area contributed by atoms with Crippen LogP contribution in [0.4, 0.5) is 0 Å². The first-order valence-corrected chi connectivity index (χ1v) is 7.43. The van der Waals surface area contributed by atoms with Gasteiger partial charge in [0.25, 0.3) is 0 Å². The van der Waals surface area contributed by atoms with Crippen molar-refractivity contribution in [3.8, 4) is 5.82 Å². The minimum absolute atomic E-state index is 0.829. The number of hydrogen-bond donors (Lipinski definition) is 1. The number of rotatable bonds is 6. The molecule has 0 fully saturated rings. The predicted octanol–water partition coefficient (Wildman–Crippen LogP) is 2.15. The Hall–Kier alpha value is -1.62. The van der Waals surface area contributed by atoms with Gasteiger partial charge in [-0.05, 0) is 32.4 Å². The van der Waals surface area contributed by atoms with Gasteiger partial charge in [0, 0.05) is 24.8 Å². The van der Waals surface area contributed by atoms with E-state index < -0.39 is 0 Å². The van der Waals surface area contributed by atoms with Crippen LogP contribution in [0.5, 0.6) is 0 Å². The molecule has 0 amide bonds. The summed E-state index contributed by atoms with van der Waals surface area (Å²) in [5, 5.41) is 12.7. The lowest BCUT2D eigenvalue weighted by Gasteiger charge is -2.10. The third-order valence-corrected chi connectivity index (χ3v) is 3.62. The van der Waals surface area contributed by atoms with Crippen LogP contribution in [-0.4, -0.2) is 26.1 Å².